The molecule has 0 fully saturated rings. The fourth-order valence-electron chi connectivity index (χ4n) is 6.35. The molecule has 0 radical (unpaired) electrons. The summed E-state index contributed by atoms with van der Waals surface area (Å²) in [5.74, 6) is 1.06. The van der Waals surface area contributed by atoms with Crippen LogP contribution in [0, 0.1) is 0 Å². The van der Waals surface area contributed by atoms with Crippen molar-refractivity contribution in [3.8, 4) is 5.69 Å². The van der Waals surface area contributed by atoms with E-state index in [0.717, 1.165) is 17.2 Å². The smallest absolute Gasteiger partial charge is 0.128 e. The molecule has 0 saturated heterocycles. The highest BCUT2D eigenvalue weighted by molar-refractivity contribution is 8.01. The summed E-state index contributed by atoms with van der Waals surface area (Å²) >= 11 is 1.92. The zero-order valence-corrected chi connectivity index (χ0v) is 22.9. The molecule has 0 saturated carbocycles. The summed E-state index contributed by atoms with van der Waals surface area (Å²) in [6.07, 6.45) is 4.30. The Morgan fingerprint density at radius 3 is 1.90 bits per heavy atom. The van der Waals surface area contributed by atoms with Gasteiger partial charge >= 0.3 is 0 Å². The zero-order valence-electron chi connectivity index (χ0n) is 22.1. The van der Waals surface area contributed by atoms with Gasteiger partial charge in [-0.1, -0.05) is 85.8 Å². The number of anilines is 2. The second-order valence-corrected chi connectivity index (χ2v) is 11.8. The van der Waals surface area contributed by atoms with E-state index in [2.05, 4.69) is 150 Å². The third-order valence-corrected chi connectivity index (χ3v) is 9.84. The highest BCUT2D eigenvalue weighted by Gasteiger charge is 2.48. The maximum absolute atomic E-state index is 5.04. The molecule has 40 heavy (non-hydrogen) atoms. The number of aromatic nitrogens is 1. The summed E-state index contributed by atoms with van der Waals surface area (Å²) in [5.41, 5.74) is 7.05. The number of rotatable bonds is 3. The molecule has 0 spiro atoms. The van der Waals surface area contributed by atoms with Gasteiger partial charge in [0.05, 0.1) is 16.3 Å². The average Bonchev–Trinajstić information content (AvgIpc) is 3.50. The number of hydrogen-bond acceptors (Lipinski definition) is 3. The highest BCUT2D eigenvalue weighted by atomic mass is 32.2. The Morgan fingerprint density at radius 2 is 1.27 bits per heavy atom. The Bertz CT molecular complexity index is 1860. The molecule has 0 aliphatic carbocycles. The maximum Gasteiger partial charge on any atom is 0.128 e. The molecule has 3 heterocycles. The molecule has 0 N–H and O–H groups in total. The summed E-state index contributed by atoms with van der Waals surface area (Å²) in [5, 5.41) is 2.71. The van der Waals surface area contributed by atoms with Crippen LogP contribution in [0.15, 0.2) is 150 Å². The SMILES string of the molecule is CC12C=CN=C(N(c3ccccc3)c3ccccc3)C1Sc1ccc(-n3c4ccccc4c4ccccc43)cc12. The Kier molecular flexibility index (Phi) is 5.26. The fourth-order valence-corrected chi connectivity index (χ4v) is 7.88. The minimum atomic E-state index is -0.201. The van der Waals surface area contributed by atoms with Crippen LogP contribution < -0.4 is 4.90 Å². The lowest BCUT2D eigenvalue weighted by atomic mass is 9.77. The van der Waals surface area contributed by atoms with E-state index in [4.69, 9.17) is 4.99 Å². The summed E-state index contributed by atoms with van der Waals surface area (Å²) in [6.45, 7) is 2.37. The lowest BCUT2D eigenvalue weighted by Crippen LogP contribution is -2.44. The molecule has 192 valence electrons. The molecule has 2 atom stereocenters. The Labute approximate surface area is 238 Å². The first-order valence-corrected chi connectivity index (χ1v) is 14.6. The van der Waals surface area contributed by atoms with E-state index in [-0.39, 0.29) is 10.7 Å². The fraction of sp³-hybridized carbons (Fsp3) is 0.0833. The van der Waals surface area contributed by atoms with Crippen LogP contribution in [-0.4, -0.2) is 15.7 Å². The number of aliphatic imine (C=N–C) groups is 1. The van der Waals surface area contributed by atoms with E-state index < -0.39 is 0 Å². The van der Waals surface area contributed by atoms with Crippen molar-refractivity contribution in [3.05, 3.63) is 145 Å². The second-order valence-electron chi connectivity index (χ2n) is 10.6. The largest absolute Gasteiger partial charge is 0.309 e. The van der Waals surface area contributed by atoms with Gasteiger partial charge < -0.3 is 4.57 Å². The van der Waals surface area contributed by atoms with Gasteiger partial charge in [-0.3, -0.25) is 4.90 Å². The van der Waals surface area contributed by atoms with E-state index >= 15 is 0 Å². The summed E-state index contributed by atoms with van der Waals surface area (Å²) < 4.78 is 2.41. The molecular weight excluding hydrogens is 506 g/mol. The number of fused-ring (bicyclic) bond motifs is 6. The molecule has 4 heteroatoms. The number of para-hydroxylation sites is 4. The Morgan fingerprint density at radius 1 is 0.700 bits per heavy atom. The first-order valence-electron chi connectivity index (χ1n) is 13.7. The standard InChI is InChI=1S/C36H27N3S/c1-36-22-23-37-35(38(25-12-4-2-5-13-25)26-14-6-3-7-15-26)34(36)40-33-21-20-27(24-30(33)36)39-31-18-10-8-16-28(31)29-17-9-11-19-32(29)39/h2-24,34H,1H3. The maximum atomic E-state index is 5.04. The third kappa shape index (κ3) is 3.42. The van der Waals surface area contributed by atoms with Gasteiger partial charge in [-0.05, 0) is 60.2 Å². The minimum Gasteiger partial charge on any atom is -0.309 e. The second kappa shape index (κ2) is 9.00. The van der Waals surface area contributed by atoms with Gasteiger partial charge in [-0.25, -0.2) is 4.99 Å². The van der Waals surface area contributed by atoms with Gasteiger partial charge in [0.15, 0.2) is 0 Å². The van der Waals surface area contributed by atoms with Gasteiger partial charge in [0.25, 0.3) is 0 Å². The van der Waals surface area contributed by atoms with Crippen LogP contribution in [0.4, 0.5) is 11.4 Å². The van der Waals surface area contributed by atoms with Gasteiger partial charge in [-0.2, -0.15) is 0 Å². The molecule has 8 rings (SSSR count). The van der Waals surface area contributed by atoms with Crippen molar-refractivity contribution in [3.63, 3.8) is 0 Å². The number of benzene rings is 5. The van der Waals surface area contributed by atoms with Gasteiger partial charge in [0, 0.05) is 44.3 Å². The Hall–Kier alpha value is -4.54. The Balaban J connectivity index is 1.27. The van der Waals surface area contributed by atoms with Gasteiger partial charge in [-0.15, -0.1) is 11.8 Å². The van der Waals surface area contributed by atoms with Crippen LogP contribution in [0.3, 0.4) is 0 Å². The quantitative estimate of drug-likeness (QED) is 0.226. The predicted octanol–water partition coefficient (Wildman–Crippen LogP) is 9.28. The summed E-state index contributed by atoms with van der Waals surface area (Å²) in [4.78, 5) is 8.68. The van der Waals surface area contributed by atoms with E-state index in [1.54, 1.807) is 0 Å². The van der Waals surface area contributed by atoms with E-state index in [1.807, 2.05) is 18.0 Å². The highest BCUT2D eigenvalue weighted by Crippen LogP contribution is 2.54. The number of allylic oxidation sites excluding steroid dienone is 1. The van der Waals surface area contributed by atoms with Crippen LogP contribution in [0.2, 0.25) is 0 Å². The molecule has 5 aromatic carbocycles. The van der Waals surface area contributed by atoms with E-state index in [1.165, 1.54) is 38.0 Å². The molecule has 2 aliphatic heterocycles. The lowest BCUT2D eigenvalue weighted by Gasteiger charge is -2.37. The monoisotopic (exact) mass is 533 g/mol. The lowest BCUT2D eigenvalue weighted by molar-refractivity contribution is 0.629. The average molecular weight is 534 g/mol. The van der Waals surface area contributed by atoms with Crippen molar-refractivity contribution < 1.29 is 0 Å². The van der Waals surface area contributed by atoms with Crippen LogP contribution in [0.25, 0.3) is 27.5 Å². The molecule has 2 unspecified atom stereocenters. The van der Waals surface area contributed by atoms with Crippen molar-refractivity contribution in [2.45, 2.75) is 22.5 Å². The first-order chi connectivity index (χ1) is 19.7. The van der Waals surface area contributed by atoms with Gasteiger partial charge in [0.2, 0.25) is 0 Å². The van der Waals surface area contributed by atoms with E-state index in [0.29, 0.717) is 0 Å². The first kappa shape index (κ1) is 23.4. The molecule has 1 aromatic heterocycles. The molecule has 2 aliphatic rings. The molecule has 0 bridgehead atoms. The van der Waals surface area contributed by atoms with E-state index in [9.17, 15) is 0 Å². The van der Waals surface area contributed by atoms with Crippen molar-refractivity contribution in [2.24, 2.45) is 4.99 Å². The van der Waals surface area contributed by atoms with Crippen molar-refractivity contribution in [1.29, 1.82) is 0 Å². The van der Waals surface area contributed by atoms with Crippen molar-refractivity contribution in [2.75, 3.05) is 4.90 Å². The zero-order chi connectivity index (χ0) is 26.7. The van der Waals surface area contributed by atoms with Crippen LogP contribution >= 0.6 is 11.8 Å². The van der Waals surface area contributed by atoms with Gasteiger partial charge in [0.1, 0.15) is 5.84 Å². The number of nitrogens with zero attached hydrogens (tertiary/aromatic N) is 3. The number of amidine groups is 1. The molecular formula is C36H27N3S. The van der Waals surface area contributed by atoms with Crippen LogP contribution in [0.5, 0.6) is 0 Å². The topological polar surface area (TPSA) is 20.5 Å². The third-order valence-electron chi connectivity index (χ3n) is 8.29. The normalized spacial score (nSPS) is 19.4. The predicted molar refractivity (Wildman–Crippen MR) is 169 cm³/mol. The minimum absolute atomic E-state index is 0.140. The van der Waals surface area contributed by atoms with Crippen molar-refractivity contribution in [1.82, 2.24) is 4.57 Å². The number of hydrogen-bond donors (Lipinski definition) is 0. The number of thioether (sulfide) groups is 1. The molecule has 0 amide bonds. The van der Waals surface area contributed by atoms with Crippen molar-refractivity contribution >= 4 is 50.8 Å². The summed E-state index contributed by atoms with van der Waals surface area (Å²) in [6, 6.07) is 45.6. The summed E-state index contributed by atoms with van der Waals surface area (Å²) in [7, 11) is 0. The molecule has 6 aromatic rings. The molecule has 3 nitrogen and oxygen atoms in total. The van der Waals surface area contributed by atoms with Crippen LogP contribution in [0.1, 0.15) is 12.5 Å². The van der Waals surface area contributed by atoms with Crippen LogP contribution in [-0.2, 0) is 5.41 Å².